The maximum atomic E-state index is 14.8. The van der Waals surface area contributed by atoms with Crippen LogP contribution < -0.4 is 5.32 Å². The summed E-state index contributed by atoms with van der Waals surface area (Å²) >= 11 is 0. The molecule has 1 aliphatic carbocycles. The van der Waals surface area contributed by atoms with Crippen LogP contribution in [0.4, 0.5) is 8.78 Å². The molecule has 0 saturated carbocycles. The molecule has 1 N–H and O–H groups in total. The first-order chi connectivity index (χ1) is 21.6. The zero-order chi connectivity index (χ0) is 35.7. The van der Waals surface area contributed by atoms with Gasteiger partial charge in [0.1, 0.15) is 11.5 Å². The van der Waals surface area contributed by atoms with Crippen LogP contribution in [0.1, 0.15) is 109 Å². The van der Waals surface area contributed by atoms with Crippen molar-refractivity contribution in [3.05, 3.63) is 135 Å². The minimum absolute atomic E-state index is 0.0488. The van der Waals surface area contributed by atoms with E-state index in [0.717, 1.165) is 69.5 Å². The Morgan fingerprint density at radius 2 is 1.62 bits per heavy atom. The fourth-order valence-corrected chi connectivity index (χ4v) is 7.28. The van der Waals surface area contributed by atoms with Crippen molar-refractivity contribution in [3.63, 3.8) is 0 Å². The number of aryl methyl sites for hydroxylation is 3. The summed E-state index contributed by atoms with van der Waals surface area (Å²) in [4.78, 5) is 0. The summed E-state index contributed by atoms with van der Waals surface area (Å²) in [6.45, 7) is 38.0. The lowest BCUT2D eigenvalue weighted by atomic mass is 9.61. The number of alkyl halides is 1. The molecule has 0 spiro atoms. The minimum Gasteiger partial charge on any atom is -0.306 e. The topological polar surface area (TPSA) is 12.0 Å². The minimum atomic E-state index is -1.33. The Hall–Kier alpha value is -3.30. The molecule has 2 aromatic carbocycles. The van der Waals surface area contributed by atoms with Crippen molar-refractivity contribution in [2.24, 2.45) is 10.8 Å². The molecule has 2 aliphatic rings. The highest BCUT2D eigenvalue weighted by Crippen LogP contribution is 2.59. The molecule has 0 amide bonds. The number of piperidine rings is 1. The van der Waals surface area contributed by atoms with E-state index in [1.54, 1.807) is 19.9 Å². The van der Waals surface area contributed by atoms with Gasteiger partial charge in [-0.25, -0.2) is 8.78 Å². The molecule has 2 atom stereocenters. The van der Waals surface area contributed by atoms with Gasteiger partial charge < -0.3 is 5.32 Å². The number of benzene rings is 2. The van der Waals surface area contributed by atoms with Crippen LogP contribution in [0.5, 0.6) is 0 Å². The monoisotopic (exact) mass is 639 g/mol. The molecule has 47 heavy (non-hydrogen) atoms. The lowest BCUT2D eigenvalue weighted by molar-refractivity contribution is 0.137. The van der Waals surface area contributed by atoms with E-state index in [0.29, 0.717) is 12.0 Å². The molecular weight excluding hydrogens is 580 g/mol. The van der Waals surface area contributed by atoms with Crippen molar-refractivity contribution >= 4 is 5.57 Å². The lowest BCUT2D eigenvalue weighted by Gasteiger charge is -2.50. The fourth-order valence-electron chi connectivity index (χ4n) is 7.28. The summed E-state index contributed by atoms with van der Waals surface area (Å²) < 4.78 is 29.1. The average Bonchev–Trinajstić information content (AvgIpc) is 3.13. The quantitative estimate of drug-likeness (QED) is 0.297. The maximum Gasteiger partial charge on any atom is 0.130 e. The molecular formula is C44H59F2N. The van der Waals surface area contributed by atoms with Gasteiger partial charge >= 0.3 is 0 Å². The highest BCUT2D eigenvalue weighted by molar-refractivity contribution is 5.76. The largest absolute Gasteiger partial charge is 0.306 e. The van der Waals surface area contributed by atoms with Gasteiger partial charge in [-0.2, -0.15) is 0 Å². The van der Waals surface area contributed by atoms with E-state index in [4.69, 9.17) is 0 Å². The second-order valence-corrected chi connectivity index (χ2v) is 15.6. The van der Waals surface area contributed by atoms with E-state index in [1.165, 1.54) is 11.1 Å². The third kappa shape index (κ3) is 7.72. The molecule has 3 heteroatoms. The van der Waals surface area contributed by atoms with Crippen molar-refractivity contribution in [2.45, 2.75) is 114 Å². The second kappa shape index (κ2) is 14.0. The number of rotatable bonds is 7. The van der Waals surface area contributed by atoms with Gasteiger partial charge in [0.25, 0.3) is 0 Å². The van der Waals surface area contributed by atoms with Crippen LogP contribution in [0, 0.1) is 37.4 Å². The highest BCUT2D eigenvalue weighted by Gasteiger charge is 2.58. The molecule has 0 radical (unpaired) electrons. The summed E-state index contributed by atoms with van der Waals surface area (Å²) in [5, 5.41) is 3.77. The number of fused-ring (bicyclic) bond motifs is 1. The zero-order valence-corrected chi connectivity index (χ0v) is 31.3. The lowest BCUT2D eigenvalue weighted by Crippen LogP contribution is -2.61. The molecule has 1 aliphatic heterocycles. The van der Waals surface area contributed by atoms with Crippen molar-refractivity contribution in [2.75, 3.05) is 6.54 Å². The molecule has 2 unspecified atom stereocenters. The SMILES string of the molecule is C=C(/C=C\C(=C/C)c1cc(C(C)(C)F)ccc1C)C(C)(C)C.C=C(C)C1=C(C)C2(C)CCCNC2(Cc2c(C)cc(C)cc2F)C1=C. The molecule has 1 fully saturated rings. The van der Waals surface area contributed by atoms with Gasteiger partial charge in [0.15, 0.2) is 0 Å². The zero-order valence-electron chi connectivity index (χ0n) is 31.3. The summed E-state index contributed by atoms with van der Waals surface area (Å²) in [6, 6.07) is 9.53. The smallest absolute Gasteiger partial charge is 0.130 e. The Morgan fingerprint density at radius 3 is 2.15 bits per heavy atom. The van der Waals surface area contributed by atoms with E-state index in [2.05, 4.69) is 97.8 Å². The van der Waals surface area contributed by atoms with E-state index in [1.807, 2.05) is 39.0 Å². The Morgan fingerprint density at radius 1 is 0.979 bits per heavy atom. The van der Waals surface area contributed by atoms with Crippen LogP contribution in [0.2, 0.25) is 0 Å². The number of allylic oxidation sites excluding steroid dienone is 6. The van der Waals surface area contributed by atoms with Crippen LogP contribution in [0.15, 0.2) is 96.2 Å². The van der Waals surface area contributed by atoms with E-state index < -0.39 is 5.67 Å². The van der Waals surface area contributed by atoms with Crippen molar-refractivity contribution < 1.29 is 8.78 Å². The summed E-state index contributed by atoms with van der Waals surface area (Å²) in [7, 11) is 0. The summed E-state index contributed by atoms with van der Waals surface area (Å²) in [5.74, 6) is -0.101. The van der Waals surface area contributed by atoms with Gasteiger partial charge in [-0.05, 0) is 154 Å². The van der Waals surface area contributed by atoms with Gasteiger partial charge in [0, 0.05) is 5.41 Å². The van der Waals surface area contributed by atoms with Crippen molar-refractivity contribution in [1.82, 2.24) is 5.32 Å². The molecule has 0 aromatic heterocycles. The summed E-state index contributed by atoms with van der Waals surface area (Å²) in [5.41, 5.74) is 10.9. The number of nitrogens with one attached hydrogen (secondary N) is 1. The van der Waals surface area contributed by atoms with Crippen molar-refractivity contribution in [1.29, 1.82) is 0 Å². The predicted octanol–water partition coefficient (Wildman–Crippen LogP) is 12.3. The molecule has 2 aromatic rings. The fraction of sp³-hybridized carbons (Fsp3) is 0.455. The molecule has 4 rings (SSSR count). The third-order valence-electron chi connectivity index (χ3n) is 10.6. The first-order valence-corrected chi connectivity index (χ1v) is 17.0. The van der Waals surface area contributed by atoms with Crippen LogP contribution in [0.25, 0.3) is 5.57 Å². The third-order valence-corrected chi connectivity index (χ3v) is 10.6. The van der Waals surface area contributed by atoms with E-state index in [9.17, 15) is 8.78 Å². The number of halogens is 2. The Labute approximate surface area is 285 Å². The van der Waals surface area contributed by atoms with E-state index >= 15 is 0 Å². The molecule has 1 nitrogen and oxygen atoms in total. The first-order valence-electron chi connectivity index (χ1n) is 17.0. The molecule has 0 bridgehead atoms. The highest BCUT2D eigenvalue weighted by atomic mass is 19.1. The van der Waals surface area contributed by atoms with Gasteiger partial charge in [-0.3, -0.25) is 0 Å². The maximum absolute atomic E-state index is 14.8. The van der Waals surface area contributed by atoms with Gasteiger partial charge in [-0.1, -0.05) is 95.0 Å². The van der Waals surface area contributed by atoms with Crippen LogP contribution in [0.3, 0.4) is 0 Å². The Kier molecular flexibility index (Phi) is 11.4. The summed E-state index contributed by atoms with van der Waals surface area (Å²) in [6.07, 6.45) is 9.04. The Bertz CT molecular complexity index is 1630. The van der Waals surface area contributed by atoms with Gasteiger partial charge in [0.05, 0.1) is 5.54 Å². The van der Waals surface area contributed by atoms with Gasteiger partial charge in [-0.15, -0.1) is 0 Å². The normalized spacial score (nSPS) is 21.9. The number of hydrogen-bond donors (Lipinski definition) is 1. The van der Waals surface area contributed by atoms with Crippen LogP contribution >= 0.6 is 0 Å². The second-order valence-electron chi connectivity index (χ2n) is 15.6. The molecule has 1 saturated heterocycles. The average molecular weight is 640 g/mol. The van der Waals surface area contributed by atoms with Gasteiger partial charge in [0.2, 0.25) is 0 Å². The van der Waals surface area contributed by atoms with E-state index in [-0.39, 0.29) is 22.2 Å². The van der Waals surface area contributed by atoms with Crippen LogP contribution in [-0.4, -0.2) is 12.1 Å². The predicted molar refractivity (Wildman–Crippen MR) is 201 cm³/mol. The molecule has 254 valence electrons. The molecule has 1 heterocycles. The first kappa shape index (κ1) is 38.2. The van der Waals surface area contributed by atoms with Crippen LogP contribution in [-0.2, 0) is 12.1 Å². The Balaban J connectivity index is 0.000000258. The standard InChI is InChI=1S/C23H30FN.C21H29F/c1-14(2)21-17(5)22(7)9-8-10-25-23(22,18(21)6)13-19-16(4)11-15(3)12-20(19)24;1-9-17(12-11-16(3)20(4,5)6)19-14-18(21(7,8)22)13-10-15(19)2/h11-12,25H,1,6,8-10,13H2,2-5,7H3;9-14H,3H2,1-2,4-8H3/b;12-11-,17-9+. The van der Waals surface area contributed by atoms with Crippen molar-refractivity contribution in [3.8, 4) is 0 Å². The number of hydrogen-bond acceptors (Lipinski definition) is 1.